The van der Waals surface area contributed by atoms with Gasteiger partial charge >= 0.3 is 0 Å². The standard InChI is InChI=1S/C14H23N3O2/c1-10(2)17(7-8-19-4)13-9-11(15)5-6-12(13)14(18)16-3/h5-6,9-10H,7-8,15H2,1-4H3,(H,16,18). The molecule has 0 fully saturated rings. The molecule has 1 aromatic carbocycles. The van der Waals surface area contributed by atoms with Crippen LogP contribution >= 0.6 is 0 Å². The predicted molar refractivity (Wildman–Crippen MR) is 78.6 cm³/mol. The van der Waals surface area contributed by atoms with Gasteiger partial charge in [0.05, 0.1) is 17.9 Å². The molecule has 1 aromatic rings. The van der Waals surface area contributed by atoms with Crippen LogP contribution in [0.4, 0.5) is 11.4 Å². The molecule has 0 saturated heterocycles. The molecule has 5 nitrogen and oxygen atoms in total. The number of hydrogen-bond acceptors (Lipinski definition) is 4. The molecule has 1 amide bonds. The van der Waals surface area contributed by atoms with Crippen molar-refractivity contribution >= 4 is 17.3 Å². The van der Waals surface area contributed by atoms with Gasteiger partial charge in [-0.25, -0.2) is 0 Å². The van der Waals surface area contributed by atoms with Crippen molar-refractivity contribution in [3.05, 3.63) is 23.8 Å². The molecule has 0 aliphatic carbocycles. The SMILES string of the molecule is CNC(=O)c1ccc(N)cc1N(CCOC)C(C)C. The van der Waals surface area contributed by atoms with Crippen LogP contribution in [0.2, 0.25) is 0 Å². The Kier molecular flexibility index (Phi) is 5.63. The summed E-state index contributed by atoms with van der Waals surface area (Å²) in [5.74, 6) is -0.113. The van der Waals surface area contributed by atoms with Gasteiger partial charge in [-0.3, -0.25) is 4.79 Å². The lowest BCUT2D eigenvalue weighted by Crippen LogP contribution is -2.35. The van der Waals surface area contributed by atoms with Gasteiger partial charge in [0, 0.05) is 32.4 Å². The van der Waals surface area contributed by atoms with E-state index in [1.165, 1.54) is 0 Å². The van der Waals surface area contributed by atoms with Crippen molar-refractivity contribution in [3.63, 3.8) is 0 Å². The van der Waals surface area contributed by atoms with E-state index < -0.39 is 0 Å². The summed E-state index contributed by atoms with van der Waals surface area (Å²) in [6.45, 7) is 5.46. The Morgan fingerprint density at radius 2 is 2.16 bits per heavy atom. The summed E-state index contributed by atoms with van der Waals surface area (Å²) in [4.78, 5) is 14.1. The van der Waals surface area contributed by atoms with Crippen LogP contribution < -0.4 is 16.0 Å². The third-order valence-corrected chi connectivity index (χ3v) is 2.96. The van der Waals surface area contributed by atoms with Crippen LogP contribution in [0.15, 0.2) is 18.2 Å². The van der Waals surface area contributed by atoms with Crippen LogP contribution in [0.25, 0.3) is 0 Å². The lowest BCUT2D eigenvalue weighted by Gasteiger charge is -2.30. The Labute approximate surface area is 114 Å². The minimum atomic E-state index is -0.113. The Balaban J connectivity index is 3.19. The summed E-state index contributed by atoms with van der Waals surface area (Å²) in [6.07, 6.45) is 0. The quantitative estimate of drug-likeness (QED) is 0.765. The van der Waals surface area contributed by atoms with Crippen LogP contribution in [0.3, 0.4) is 0 Å². The van der Waals surface area contributed by atoms with Gasteiger partial charge in [-0.15, -0.1) is 0 Å². The second kappa shape index (κ2) is 6.99. The molecule has 5 heteroatoms. The summed E-state index contributed by atoms with van der Waals surface area (Å²) in [5.41, 5.74) is 7.96. The number of carbonyl (C=O) groups excluding carboxylic acids is 1. The van der Waals surface area contributed by atoms with E-state index in [-0.39, 0.29) is 11.9 Å². The molecule has 3 N–H and O–H groups in total. The molecule has 0 aliphatic heterocycles. The second-order valence-corrected chi connectivity index (χ2v) is 4.64. The number of benzene rings is 1. The van der Waals surface area contributed by atoms with E-state index >= 15 is 0 Å². The van der Waals surface area contributed by atoms with Gasteiger partial charge in [0.2, 0.25) is 0 Å². The Morgan fingerprint density at radius 1 is 1.47 bits per heavy atom. The van der Waals surface area contributed by atoms with Crippen molar-refractivity contribution in [2.45, 2.75) is 19.9 Å². The van der Waals surface area contributed by atoms with Gasteiger partial charge in [0.15, 0.2) is 0 Å². The third-order valence-electron chi connectivity index (χ3n) is 2.96. The van der Waals surface area contributed by atoms with Crippen LogP contribution in [0.5, 0.6) is 0 Å². The number of methoxy groups -OCH3 is 1. The van der Waals surface area contributed by atoms with Gasteiger partial charge < -0.3 is 20.7 Å². The molecule has 0 atom stereocenters. The Morgan fingerprint density at radius 3 is 2.68 bits per heavy atom. The van der Waals surface area contributed by atoms with Gasteiger partial charge in [-0.05, 0) is 32.0 Å². The van der Waals surface area contributed by atoms with Crippen LogP contribution in [-0.4, -0.2) is 39.3 Å². The molecular formula is C14H23N3O2. The topological polar surface area (TPSA) is 67.6 Å². The first-order valence-corrected chi connectivity index (χ1v) is 6.38. The van der Waals surface area contributed by atoms with Gasteiger partial charge in [-0.2, -0.15) is 0 Å². The zero-order chi connectivity index (χ0) is 14.4. The highest BCUT2D eigenvalue weighted by atomic mass is 16.5. The lowest BCUT2D eigenvalue weighted by molar-refractivity contribution is 0.0963. The maximum Gasteiger partial charge on any atom is 0.253 e. The fourth-order valence-corrected chi connectivity index (χ4v) is 1.96. The van der Waals surface area contributed by atoms with Gasteiger partial charge in [0.1, 0.15) is 0 Å². The number of nitrogens with two attached hydrogens (primary N) is 1. The summed E-state index contributed by atoms with van der Waals surface area (Å²) < 4.78 is 5.13. The number of rotatable bonds is 6. The molecule has 0 spiro atoms. The van der Waals surface area contributed by atoms with E-state index in [9.17, 15) is 4.79 Å². The number of anilines is 2. The first-order valence-electron chi connectivity index (χ1n) is 6.38. The van der Waals surface area contributed by atoms with E-state index in [1.807, 2.05) is 6.07 Å². The zero-order valence-electron chi connectivity index (χ0n) is 12.1. The number of amides is 1. The molecule has 1 rings (SSSR count). The van der Waals surface area contributed by atoms with Crippen LogP contribution in [0, 0.1) is 0 Å². The highest BCUT2D eigenvalue weighted by molar-refractivity contribution is 6.00. The third kappa shape index (κ3) is 3.86. The molecule has 0 saturated carbocycles. The summed E-state index contributed by atoms with van der Waals surface area (Å²) in [6, 6.07) is 5.58. The highest BCUT2D eigenvalue weighted by Crippen LogP contribution is 2.25. The molecule has 106 valence electrons. The predicted octanol–water partition coefficient (Wildman–Crippen LogP) is 1.49. The van der Waals surface area contributed by atoms with E-state index in [4.69, 9.17) is 10.5 Å². The molecule has 0 aromatic heterocycles. The van der Waals surface area contributed by atoms with Crippen molar-refractivity contribution in [1.29, 1.82) is 0 Å². The average Bonchev–Trinajstić information content (AvgIpc) is 2.38. The van der Waals surface area contributed by atoms with Crippen LogP contribution in [-0.2, 0) is 4.74 Å². The fraction of sp³-hybridized carbons (Fsp3) is 0.500. The summed E-state index contributed by atoms with van der Waals surface area (Å²) in [5, 5.41) is 2.65. The summed E-state index contributed by atoms with van der Waals surface area (Å²) in [7, 11) is 3.29. The smallest absolute Gasteiger partial charge is 0.253 e. The fourth-order valence-electron chi connectivity index (χ4n) is 1.96. The molecule has 0 unspecified atom stereocenters. The normalized spacial score (nSPS) is 10.6. The molecule has 0 radical (unpaired) electrons. The first kappa shape index (κ1) is 15.3. The minimum absolute atomic E-state index is 0.113. The van der Waals surface area contributed by atoms with Crippen LogP contribution in [0.1, 0.15) is 24.2 Å². The Bertz CT molecular complexity index is 433. The second-order valence-electron chi connectivity index (χ2n) is 4.64. The molecule has 0 heterocycles. The molecular weight excluding hydrogens is 242 g/mol. The maximum atomic E-state index is 11.9. The van der Waals surface area contributed by atoms with E-state index in [2.05, 4.69) is 24.1 Å². The van der Waals surface area contributed by atoms with Crippen molar-refractivity contribution in [2.24, 2.45) is 0 Å². The van der Waals surface area contributed by atoms with Gasteiger partial charge in [-0.1, -0.05) is 0 Å². The lowest BCUT2D eigenvalue weighted by atomic mass is 10.1. The molecule has 0 bridgehead atoms. The number of nitrogens with one attached hydrogen (secondary N) is 1. The number of nitrogens with zero attached hydrogens (tertiary/aromatic N) is 1. The monoisotopic (exact) mass is 265 g/mol. The molecule has 0 aliphatic rings. The average molecular weight is 265 g/mol. The van der Waals surface area contributed by atoms with Crippen molar-refractivity contribution in [1.82, 2.24) is 5.32 Å². The van der Waals surface area contributed by atoms with Crippen molar-refractivity contribution in [3.8, 4) is 0 Å². The van der Waals surface area contributed by atoms with E-state index in [0.717, 1.165) is 5.69 Å². The number of nitrogen functional groups attached to an aromatic ring is 1. The molecule has 19 heavy (non-hydrogen) atoms. The van der Waals surface area contributed by atoms with Gasteiger partial charge in [0.25, 0.3) is 5.91 Å². The Hall–Kier alpha value is -1.75. The van der Waals surface area contributed by atoms with Crippen molar-refractivity contribution in [2.75, 3.05) is 37.9 Å². The van der Waals surface area contributed by atoms with E-state index in [1.54, 1.807) is 26.3 Å². The first-order chi connectivity index (χ1) is 9.01. The van der Waals surface area contributed by atoms with Crippen molar-refractivity contribution < 1.29 is 9.53 Å². The minimum Gasteiger partial charge on any atom is -0.399 e. The number of ether oxygens (including phenoxy) is 1. The highest BCUT2D eigenvalue weighted by Gasteiger charge is 2.18. The maximum absolute atomic E-state index is 11.9. The summed E-state index contributed by atoms with van der Waals surface area (Å²) >= 11 is 0. The zero-order valence-corrected chi connectivity index (χ0v) is 12.1. The number of carbonyl (C=O) groups is 1. The largest absolute Gasteiger partial charge is 0.399 e. The van der Waals surface area contributed by atoms with E-state index in [0.29, 0.717) is 24.4 Å². The number of hydrogen-bond donors (Lipinski definition) is 2.